The normalized spacial score (nSPS) is 10.2. The minimum Gasteiger partial charge on any atom is -0.133 e. The van der Waals surface area contributed by atoms with Gasteiger partial charge in [0, 0.05) is 0 Å². The summed E-state index contributed by atoms with van der Waals surface area (Å²) in [4.78, 5) is 0. The lowest BCUT2D eigenvalue weighted by Gasteiger charge is -2.07. The highest BCUT2D eigenvalue weighted by molar-refractivity contribution is 7.15. The first-order chi connectivity index (χ1) is 7.40. The first-order valence-corrected chi connectivity index (χ1v) is 6.02. The molecule has 0 saturated heterocycles. The van der Waals surface area contributed by atoms with Crippen LogP contribution in [0.4, 0.5) is 0 Å². The summed E-state index contributed by atoms with van der Waals surface area (Å²) in [6.45, 7) is 0. The number of rotatable bonds is 3. The van der Waals surface area contributed by atoms with Gasteiger partial charge in [0.25, 0.3) is 0 Å². The van der Waals surface area contributed by atoms with E-state index in [1.165, 1.54) is 16.7 Å². The van der Waals surface area contributed by atoms with E-state index >= 15 is 0 Å². The maximum atomic E-state index is 2.79. The minimum absolute atomic E-state index is 1.03. The molecule has 0 aliphatic carbocycles. The van der Waals surface area contributed by atoms with Crippen molar-refractivity contribution in [1.29, 1.82) is 0 Å². The fraction of sp³-hybridized carbons (Fsp3) is 0.143. The summed E-state index contributed by atoms with van der Waals surface area (Å²) in [7, 11) is 2.79. The third kappa shape index (κ3) is 2.67. The average molecular weight is 214 g/mol. The molecule has 76 valence electrons. The topological polar surface area (TPSA) is 0 Å². The van der Waals surface area contributed by atoms with Gasteiger partial charge >= 0.3 is 0 Å². The SMILES string of the molecule is PCc1ccccc1Cc1ccccc1. The molecule has 0 nitrogen and oxygen atoms in total. The fourth-order valence-corrected chi connectivity index (χ4v) is 2.14. The van der Waals surface area contributed by atoms with Crippen molar-refractivity contribution >= 4 is 9.24 Å². The first-order valence-electron chi connectivity index (χ1n) is 5.21. The third-order valence-corrected chi connectivity index (χ3v) is 3.02. The van der Waals surface area contributed by atoms with Crippen LogP contribution in [0.1, 0.15) is 16.7 Å². The van der Waals surface area contributed by atoms with E-state index < -0.39 is 0 Å². The van der Waals surface area contributed by atoms with Gasteiger partial charge in [-0.25, -0.2) is 0 Å². The van der Waals surface area contributed by atoms with Gasteiger partial charge in [-0.05, 0) is 29.3 Å². The van der Waals surface area contributed by atoms with Gasteiger partial charge in [-0.1, -0.05) is 54.6 Å². The molecule has 2 aromatic rings. The molecule has 0 fully saturated rings. The molecule has 2 rings (SSSR count). The van der Waals surface area contributed by atoms with Crippen molar-refractivity contribution in [2.75, 3.05) is 0 Å². The lowest BCUT2D eigenvalue weighted by atomic mass is 10.0. The van der Waals surface area contributed by atoms with Crippen LogP contribution < -0.4 is 0 Å². The maximum absolute atomic E-state index is 2.79. The Kier molecular flexibility index (Phi) is 3.53. The predicted octanol–water partition coefficient (Wildman–Crippen LogP) is 3.65. The highest BCUT2D eigenvalue weighted by Crippen LogP contribution is 2.16. The Morgan fingerprint density at radius 1 is 0.733 bits per heavy atom. The van der Waals surface area contributed by atoms with Gasteiger partial charge in [-0.15, -0.1) is 9.24 Å². The molecule has 0 spiro atoms. The molecule has 0 saturated carbocycles. The zero-order valence-corrected chi connectivity index (χ0v) is 9.84. The van der Waals surface area contributed by atoms with Crippen LogP contribution in [0.3, 0.4) is 0 Å². The van der Waals surface area contributed by atoms with Crippen molar-refractivity contribution in [3.05, 3.63) is 71.3 Å². The van der Waals surface area contributed by atoms with E-state index in [1.807, 2.05) is 0 Å². The van der Waals surface area contributed by atoms with Crippen LogP contribution in [0.5, 0.6) is 0 Å². The molecule has 0 aliphatic rings. The Balaban J connectivity index is 2.24. The van der Waals surface area contributed by atoms with Crippen LogP contribution in [0.25, 0.3) is 0 Å². The van der Waals surface area contributed by atoms with Crippen molar-refractivity contribution in [1.82, 2.24) is 0 Å². The van der Waals surface area contributed by atoms with E-state index in [4.69, 9.17) is 0 Å². The standard InChI is InChI=1S/C14H15P/c15-11-14-9-5-4-8-13(14)10-12-6-2-1-3-7-12/h1-9H,10-11,15H2. The maximum Gasteiger partial charge on any atom is -0.00229 e. The molecule has 0 aliphatic heterocycles. The minimum atomic E-state index is 1.03. The molecule has 0 N–H and O–H groups in total. The molecule has 1 atom stereocenters. The van der Waals surface area contributed by atoms with Crippen LogP contribution in [-0.4, -0.2) is 0 Å². The summed E-state index contributed by atoms with van der Waals surface area (Å²) in [5.41, 5.74) is 4.23. The van der Waals surface area contributed by atoms with Crippen LogP contribution in [0, 0.1) is 0 Å². The molecule has 1 heteroatoms. The molecule has 1 unspecified atom stereocenters. The van der Waals surface area contributed by atoms with E-state index in [9.17, 15) is 0 Å². The monoisotopic (exact) mass is 214 g/mol. The fourth-order valence-electron chi connectivity index (χ4n) is 1.74. The smallest absolute Gasteiger partial charge is 0.00229 e. The van der Waals surface area contributed by atoms with E-state index in [-0.39, 0.29) is 0 Å². The molecule has 0 heterocycles. The predicted molar refractivity (Wildman–Crippen MR) is 69.1 cm³/mol. The van der Waals surface area contributed by atoms with E-state index in [0.29, 0.717) is 0 Å². The second-order valence-electron chi connectivity index (χ2n) is 3.64. The van der Waals surface area contributed by atoms with Crippen molar-refractivity contribution in [2.24, 2.45) is 0 Å². The third-order valence-electron chi connectivity index (χ3n) is 2.58. The quantitative estimate of drug-likeness (QED) is 0.684. The summed E-state index contributed by atoms with van der Waals surface area (Å²) in [6.07, 6.45) is 2.06. The molecular formula is C14H15P. The molecule has 2 aromatic carbocycles. The number of hydrogen-bond acceptors (Lipinski definition) is 0. The second-order valence-corrected chi connectivity index (χ2v) is 4.04. The lowest BCUT2D eigenvalue weighted by molar-refractivity contribution is 1.15. The second kappa shape index (κ2) is 5.09. The molecule has 15 heavy (non-hydrogen) atoms. The molecular weight excluding hydrogens is 199 g/mol. The highest BCUT2D eigenvalue weighted by Gasteiger charge is 2.00. The zero-order chi connectivity index (χ0) is 10.5. The van der Waals surface area contributed by atoms with Gasteiger partial charge in [0.1, 0.15) is 0 Å². The van der Waals surface area contributed by atoms with Gasteiger partial charge < -0.3 is 0 Å². The van der Waals surface area contributed by atoms with Crippen molar-refractivity contribution < 1.29 is 0 Å². The zero-order valence-electron chi connectivity index (χ0n) is 8.69. The van der Waals surface area contributed by atoms with E-state index in [2.05, 4.69) is 63.8 Å². The van der Waals surface area contributed by atoms with Crippen molar-refractivity contribution in [2.45, 2.75) is 12.6 Å². The van der Waals surface area contributed by atoms with Crippen molar-refractivity contribution in [3.63, 3.8) is 0 Å². The first kappa shape index (κ1) is 10.4. The van der Waals surface area contributed by atoms with Gasteiger partial charge in [0.05, 0.1) is 0 Å². The summed E-state index contributed by atoms with van der Waals surface area (Å²) in [5, 5.41) is 0. The summed E-state index contributed by atoms with van der Waals surface area (Å²) in [6, 6.07) is 19.2. The molecule has 0 aromatic heterocycles. The molecule has 0 amide bonds. The van der Waals surface area contributed by atoms with Gasteiger partial charge in [0.2, 0.25) is 0 Å². The van der Waals surface area contributed by atoms with Gasteiger partial charge in [-0.2, -0.15) is 0 Å². The van der Waals surface area contributed by atoms with Gasteiger partial charge in [0.15, 0.2) is 0 Å². The summed E-state index contributed by atoms with van der Waals surface area (Å²) >= 11 is 0. The molecule has 0 bridgehead atoms. The summed E-state index contributed by atoms with van der Waals surface area (Å²) < 4.78 is 0. The number of benzene rings is 2. The Morgan fingerprint density at radius 3 is 2.00 bits per heavy atom. The molecule has 0 radical (unpaired) electrons. The average Bonchev–Trinajstić information content (AvgIpc) is 2.31. The van der Waals surface area contributed by atoms with Gasteiger partial charge in [-0.3, -0.25) is 0 Å². The Morgan fingerprint density at radius 2 is 1.33 bits per heavy atom. The van der Waals surface area contributed by atoms with Crippen LogP contribution in [0.2, 0.25) is 0 Å². The number of hydrogen-bond donors (Lipinski definition) is 0. The highest BCUT2D eigenvalue weighted by atomic mass is 31.0. The van der Waals surface area contributed by atoms with Crippen LogP contribution >= 0.6 is 9.24 Å². The Bertz CT molecular complexity index is 420. The van der Waals surface area contributed by atoms with E-state index in [1.54, 1.807) is 0 Å². The van der Waals surface area contributed by atoms with Crippen LogP contribution in [0.15, 0.2) is 54.6 Å². The van der Waals surface area contributed by atoms with E-state index in [0.717, 1.165) is 12.6 Å². The summed E-state index contributed by atoms with van der Waals surface area (Å²) in [5.74, 6) is 0. The lowest BCUT2D eigenvalue weighted by Crippen LogP contribution is -1.92. The van der Waals surface area contributed by atoms with Crippen LogP contribution in [-0.2, 0) is 12.6 Å². The Hall–Kier alpha value is -1.13. The largest absolute Gasteiger partial charge is 0.133 e. The van der Waals surface area contributed by atoms with Crippen molar-refractivity contribution in [3.8, 4) is 0 Å². The Labute approximate surface area is 93.5 Å².